The van der Waals surface area contributed by atoms with Crippen molar-refractivity contribution in [1.82, 2.24) is 0 Å². The second-order valence-corrected chi connectivity index (χ2v) is 4.90. The van der Waals surface area contributed by atoms with Gasteiger partial charge in [-0.2, -0.15) is 0 Å². The van der Waals surface area contributed by atoms with Crippen LogP contribution in [0.2, 0.25) is 0 Å². The lowest BCUT2D eigenvalue weighted by Crippen LogP contribution is -2.48. The van der Waals surface area contributed by atoms with Gasteiger partial charge >= 0.3 is 0 Å². The van der Waals surface area contributed by atoms with Gasteiger partial charge in [0.2, 0.25) is 0 Å². The lowest BCUT2D eigenvalue weighted by atomic mass is 10.1. The number of hydrogen-bond acceptors (Lipinski definition) is 0. The van der Waals surface area contributed by atoms with E-state index >= 15 is 0 Å². The van der Waals surface area contributed by atoms with Gasteiger partial charge in [-0.05, 0) is 39.5 Å². The third-order valence-electron chi connectivity index (χ3n) is 3.68. The maximum atomic E-state index is 2.33. The standard InChI is InChI=1S/C13H30N/c1-6-14(7-2,8-3)12-10-9-11-13(4)5/h13H,6-12H2,1-5H3/q+1. The molecule has 0 amide bonds. The summed E-state index contributed by atoms with van der Waals surface area (Å²) in [6, 6.07) is 0. The highest BCUT2D eigenvalue weighted by Crippen LogP contribution is 2.12. The highest BCUT2D eigenvalue weighted by Gasteiger charge is 2.19. The van der Waals surface area contributed by atoms with Crippen LogP contribution in [0.3, 0.4) is 0 Å². The molecule has 0 spiro atoms. The first-order chi connectivity index (χ1) is 6.60. The third kappa shape index (κ3) is 4.99. The Hall–Kier alpha value is -0.0400. The molecule has 0 atom stereocenters. The minimum absolute atomic E-state index is 0.877. The molecule has 0 radical (unpaired) electrons. The van der Waals surface area contributed by atoms with E-state index in [2.05, 4.69) is 34.6 Å². The van der Waals surface area contributed by atoms with E-state index in [1.165, 1.54) is 49.9 Å². The van der Waals surface area contributed by atoms with E-state index < -0.39 is 0 Å². The molecule has 0 saturated carbocycles. The van der Waals surface area contributed by atoms with Crippen LogP contribution in [0.5, 0.6) is 0 Å². The predicted octanol–water partition coefficient (Wildman–Crippen LogP) is 3.69. The summed E-state index contributed by atoms with van der Waals surface area (Å²) in [7, 11) is 0. The van der Waals surface area contributed by atoms with E-state index in [4.69, 9.17) is 0 Å². The summed E-state index contributed by atoms with van der Waals surface area (Å²) >= 11 is 0. The Morgan fingerprint density at radius 3 is 1.71 bits per heavy atom. The van der Waals surface area contributed by atoms with Gasteiger partial charge < -0.3 is 4.48 Å². The van der Waals surface area contributed by atoms with Crippen LogP contribution < -0.4 is 0 Å². The van der Waals surface area contributed by atoms with Crippen LogP contribution >= 0.6 is 0 Å². The van der Waals surface area contributed by atoms with Crippen molar-refractivity contribution in [2.45, 2.75) is 53.9 Å². The fourth-order valence-electron chi connectivity index (χ4n) is 2.14. The molecule has 0 aromatic heterocycles. The highest BCUT2D eigenvalue weighted by atomic mass is 15.3. The van der Waals surface area contributed by atoms with E-state index in [-0.39, 0.29) is 0 Å². The molecule has 0 heterocycles. The van der Waals surface area contributed by atoms with Crippen LogP contribution in [-0.2, 0) is 0 Å². The summed E-state index contributed by atoms with van der Waals surface area (Å²) in [4.78, 5) is 0. The normalized spacial score (nSPS) is 12.4. The molecule has 0 N–H and O–H groups in total. The molecular weight excluding hydrogens is 170 g/mol. The summed E-state index contributed by atoms with van der Waals surface area (Å²) in [6.45, 7) is 16.9. The molecule has 0 aromatic rings. The Morgan fingerprint density at radius 2 is 1.36 bits per heavy atom. The summed E-state index contributed by atoms with van der Waals surface area (Å²) in [6.07, 6.45) is 4.22. The van der Waals surface area contributed by atoms with Gasteiger partial charge in [-0.3, -0.25) is 0 Å². The summed E-state index contributed by atoms with van der Waals surface area (Å²) < 4.78 is 1.32. The molecular formula is C13H30N+. The van der Waals surface area contributed by atoms with Gasteiger partial charge in [0.05, 0.1) is 26.2 Å². The molecule has 14 heavy (non-hydrogen) atoms. The third-order valence-corrected chi connectivity index (χ3v) is 3.68. The maximum absolute atomic E-state index is 2.33. The first kappa shape index (κ1) is 14.0. The molecule has 1 nitrogen and oxygen atoms in total. The van der Waals surface area contributed by atoms with Crippen LogP contribution in [-0.4, -0.2) is 30.7 Å². The van der Waals surface area contributed by atoms with Crippen molar-refractivity contribution in [3.8, 4) is 0 Å². The number of hydrogen-bond donors (Lipinski definition) is 0. The zero-order valence-corrected chi connectivity index (χ0v) is 11.0. The van der Waals surface area contributed by atoms with E-state index in [9.17, 15) is 0 Å². The van der Waals surface area contributed by atoms with Gasteiger partial charge in [-0.15, -0.1) is 0 Å². The predicted molar refractivity (Wildman–Crippen MR) is 65.4 cm³/mol. The molecule has 0 fully saturated rings. The first-order valence-corrected chi connectivity index (χ1v) is 6.45. The molecule has 0 saturated heterocycles. The lowest BCUT2D eigenvalue weighted by Gasteiger charge is -2.36. The highest BCUT2D eigenvalue weighted by molar-refractivity contribution is 4.47. The van der Waals surface area contributed by atoms with E-state index in [1.54, 1.807) is 0 Å². The Bertz CT molecular complexity index is 117. The Morgan fingerprint density at radius 1 is 0.857 bits per heavy atom. The topological polar surface area (TPSA) is 0 Å². The van der Waals surface area contributed by atoms with Crippen molar-refractivity contribution >= 4 is 0 Å². The fourth-order valence-corrected chi connectivity index (χ4v) is 2.14. The minimum Gasteiger partial charge on any atom is -0.324 e. The summed E-state index contributed by atoms with van der Waals surface area (Å²) in [5.41, 5.74) is 0. The van der Waals surface area contributed by atoms with E-state index in [1.807, 2.05) is 0 Å². The average Bonchev–Trinajstić information content (AvgIpc) is 2.19. The van der Waals surface area contributed by atoms with E-state index in [0.29, 0.717) is 0 Å². The smallest absolute Gasteiger partial charge is 0.0786 e. The van der Waals surface area contributed by atoms with Gasteiger partial charge in [0, 0.05) is 0 Å². The van der Waals surface area contributed by atoms with Gasteiger partial charge in [0.1, 0.15) is 0 Å². The van der Waals surface area contributed by atoms with Crippen LogP contribution in [0.1, 0.15) is 53.9 Å². The van der Waals surface area contributed by atoms with Crippen LogP contribution in [0.4, 0.5) is 0 Å². The van der Waals surface area contributed by atoms with Crippen molar-refractivity contribution < 1.29 is 4.48 Å². The second-order valence-electron chi connectivity index (χ2n) is 4.90. The second kappa shape index (κ2) is 7.28. The lowest BCUT2D eigenvalue weighted by molar-refractivity contribution is -0.923. The monoisotopic (exact) mass is 200 g/mol. The fraction of sp³-hybridized carbons (Fsp3) is 1.00. The molecule has 0 aliphatic rings. The quantitative estimate of drug-likeness (QED) is 0.414. The maximum Gasteiger partial charge on any atom is 0.0786 e. The largest absolute Gasteiger partial charge is 0.324 e. The minimum atomic E-state index is 0.877. The molecule has 0 unspecified atom stereocenters. The molecule has 0 aliphatic carbocycles. The van der Waals surface area contributed by atoms with Crippen LogP contribution in [0.25, 0.3) is 0 Å². The van der Waals surface area contributed by atoms with Crippen molar-refractivity contribution in [3.05, 3.63) is 0 Å². The number of rotatable bonds is 8. The van der Waals surface area contributed by atoms with Gasteiger partial charge in [-0.25, -0.2) is 0 Å². The van der Waals surface area contributed by atoms with Gasteiger partial charge in [0.15, 0.2) is 0 Å². The van der Waals surface area contributed by atoms with Gasteiger partial charge in [-0.1, -0.05) is 20.3 Å². The SMILES string of the molecule is CC[N+](CC)(CC)CCCCC(C)C. The number of unbranched alkanes of at least 4 members (excludes halogenated alkanes) is 1. The first-order valence-electron chi connectivity index (χ1n) is 6.45. The molecule has 0 rings (SSSR count). The number of nitrogens with zero attached hydrogens (tertiary/aromatic N) is 1. The van der Waals surface area contributed by atoms with Crippen molar-refractivity contribution in [2.75, 3.05) is 26.2 Å². The van der Waals surface area contributed by atoms with Crippen molar-refractivity contribution in [2.24, 2.45) is 5.92 Å². The van der Waals surface area contributed by atoms with Crippen LogP contribution in [0.15, 0.2) is 0 Å². The average molecular weight is 200 g/mol. The van der Waals surface area contributed by atoms with Crippen LogP contribution in [0, 0.1) is 5.92 Å². The molecule has 86 valence electrons. The Kier molecular flexibility index (Phi) is 7.26. The van der Waals surface area contributed by atoms with Crippen molar-refractivity contribution in [1.29, 1.82) is 0 Å². The molecule has 0 aliphatic heterocycles. The molecule has 0 bridgehead atoms. The molecule has 0 aromatic carbocycles. The molecule has 1 heteroatoms. The van der Waals surface area contributed by atoms with E-state index in [0.717, 1.165) is 5.92 Å². The Labute approximate surface area is 91.1 Å². The zero-order valence-electron chi connectivity index (χ0n) is 11.0. The summed E-state index contributed by atoms with van der Waals surface area (Å²) in [5.74, 6) is 0.877. The zero-order chi connectivity index (χ0) is 11.0. The number of quaternary nitrogens is 1. The van der Waals surface area contributed by atoms with Crippen molar-refractivity contribution in [3.63, 3.8) is 0 Å². The van der Waals surface area contributed by atoms with Gasteiger partial charge in [0.25, 0.3) is 0 Å². The Balaban J connectivity index is 3.71. The summed E-state index contributed by atoms with van der Waals surface area (Å²) in [5, 5.41) is 0.